The van der Waals surface area contributed by atoms with E-state index in [1.807, 2.05) is 60.7 Å². The Labute approximate surface area is 271 Å². The molecule has 0 bridgehead atoms. The highest BCUT2D eigenvalue weighted by molar-refractivity contribution is 6.32. The number of carbonyl (C=O) groups is 4. The molecular weight excluding hydrogens is 600 g/mol. The van der Waals surface area contributed by atoms with E-state index < -0.39 is 35.0 Å². The Hall–Kier alpha value is -4.75. The number of fused-ring (bicyclic) bond motifs is 5. The molecule has 2 aliphatic heterocycles. The molecule has 2 heterocycles. The van der Waals surface area contributed by atoms with Gasteiger partial charge in [-0.25, -0.2) is 4.90 Å². The van der Waals surface area contributed by atoms with Crippen LogP contribution in [-0.2, 0) is 24.6 Å². The molecule has 4 aromatic rings. The molecule has 3 fully saturated rings. The Morgan fingerprint density at radius 3 is 2.30 bits per heavy atom. The van der Waals surface area contributed by atoms with E-state index in [1.165, 1.54) is 9.80 Å². The quantitative estimate of drug-likeness (QED) is 0.209. The van der Waals surface area contributed by atoms with E-state index in [4.69, 9.17) is 11.6 Å². The summed E-state index contributed by atoms with van der Waals surface area (Å²) in [5.74, 6) is -4.02. The molecular formula is C38H31ClN2O5. The number of phenols is 1. The van der Waals surface area contributed by atoms with Crippen molar-refractivity contribution in [3.8, 4) is 5.75 Å². The first kappa shape index (κ1) is 28.7. The Morgan fingerprint density at radius 2 is 1.57 bits per heavy atom. The van der Waals surface area contributed by atoms with Crippen molar-refractivity contribution in [3.63, 3.8) is 0 Å². The molecule has 1 saturated carbocycles. The maximum atomic E-state index is 15.3. The van der Waals surface area contributed by atoms with E-state index in [2.05, 4.69) is 6.08 Å². The van der Waals surface area contributed by atoms with Crippen LogP contribution in [0.4, 0.5) is 5.69 Å². The van der Waals surface area contributed by atoms with Crippen LogP contribution < -0.4 is 4.90 Å². The summed E-state index contributed by atoms with van der Waals surface area (Å²) < 4.78 is 0. The number of allylic oxidation sites excluding steroid dienone is 2. The second-order valence-corrected chi connectivity index (χ2v) is 13.2. The molecule has 2 aliphatic carbocycles. The van der Waals surface area contributed by atoms with Crippen molar-refractivity contribution in [2.45, 2.75) is 31.1 Å². The highest BCUT2D eigenvalue weighted by Crippen LogP contribution is 2.65. The van der Waals surface area contributed by atoms with Crippen LogP contribution in [0.2, 0.25) is 5.02 Å². The summed E-state index contributed by atoms with van der Waals surface area (Å²) in [4.78, 5) is 60.1. The lowest BCUT2D eigenvalue weighted by molar-refractivity contribution is -0.140. The minimum absolute atomic E-state index is 0.110. The molecule has 230 valence electrons. The topological polar surface area (TPSA) is 95.0 Å². The number of anilines is 1. The van der Waals surface area contributed by atoms with Crippen LogP contribution in [0.15, 0.2) is 103 Å². The molecule has 0 spiro atoms. The van der Waals surface area contributed by atoms with E-state index in [0.717, 1.165) is 16.5 Å². The molecule has 1 N–H and O–H groups in total. The number of carbonyl (C=O) groups excluding carboxylic acids is 4. The number of imide groups is 2. The maximum Gasteiger partial charge on any atom is 0.246 e. The number of hydrogen-bond donors (Lipinski definition) is 1. The predicted octanol–water partition coefficient (Wildman–Crippen LogP) is 6.38. The van der Waals surface area contributed by atoms with Crippen molar-refractivity contribution in [3.05, 3.63) is 119 Å². The van der Waals surface area contributed by atoms with E-state index in [1.54, 1.807) is 37.3 Å². The average Bonchev–Trinajstić information content (AvgIpc) is 3.46. The van der Waals surface area contributed by atoms with Crippen LogP contribution in [0, 0.1) is 23.7 Å². The molecule has 8 heteroatoms. The fourth-order valence-electron chi connectivity index (χ4n) is 9.02. The Kier molecular flexibility index (Phi) is 6.48. The van der Waals surface area contributed by atoms with Gasteiger partial charge in [-0.1, -0.05) is 90.0 Å². The minimum Gasteiger partial charge on any atom is -0.507 e. The van der Waals surface area contributed by atoms with Gasteiger partial charge in [-0.05, 0) is 66.5 Å². The van der Waals surface area contributed by atoms with Crippen LogP contribution in [-0.4, -0.2) is 40.2 Å². The number of phenolic OH excluding ortho intramolecular Hbond substituents is 1. The number of likely N-dealkylation sites (tertiary alicyclic amines) is 1. The summed E-state index contributed by atoms with van der Waals surface area (Å²) in [5, 5.41) is 12.7. The molecule has 8 rings (SSSR count). The lowest BCUT2D eigenvalue weighted by Gasteiger charge is -2.51. The molecule has 2 saturated heterocycles. The van der Waals surface area contributed by atoms with Crippen LogP contribution in [0.25, 0.3) is 10.8 Å². The number of hydrogen-bond acceptors (Lipinski definition) is 5. The third-order valence-corrected chi connectivity index (χ3v) is 11.1. The van der Waals surface area contributed by atoms with Crippen molar-refractivity contribution >= 4 is 51.7 Å². The smallest absolute Gasteiger partial charge is 0.246 e. The number of benzene rings is 4. The number of aromatic hydroxyl groups is 1. The van der Waals surface area contributed by atoms with Gasteiger partial charge in [0, 0.05) is 22.9 Å². The van der Waals surface area contributed by atoms with E-state index in [0.29, 0.717) is 28.1 Å². The van der Waals surface area contributed by atoms with Crippen LogP contribution in [0.3, 0.4) is 0 Å². The van der Waals surface area contributed by atoms with Crippen molar-refractivity contribution in [1.29, 1.82) is 0 Å². The predicted molar refractivity (Wildman–Crippen MR) is 174 cm³/mol. The van der Waals surface area contributed by atoms with Gasteiger partial charge in [0.05, 0.1) is 28.9 Å². The number of halogens is 1. The van der Waals surface area contributed by atoms with E-state index >= 15 is 4.79 Å². The van der Waals surface area contributed by atoms with Gasteiger partial charge in [0.15, 0.2) is 0 Å². The van der Waals surface area contributed by atoms with Gasteiger partial charge in [0.2, 0.25) is 23.6 Å². The SMILES string of the molecule is CCN1C(=O)C2CC=C3C(CC4C(=O)N(c5cccc(Cl)c5)C(=O)C4(c4ccccc4)C3c3ccc(O)c4ccccc34)C2C1=O. The van der Waals surface area contributed by atoms with E-state index in [9.17, 15) is 19.5 Å². The van der Waals surface area contributed by atoms with Gasteiger partial charge >= 0.3 is 0 Å². The van der Waals surface area contributed by atoms with Gasteiger partial charge in [-0.3, -0.25) is 24.1 Å². The highest BCUT2D eigenvalue weighted by Gasteiger charge is 2.70. The average molecular weight is 631 g/mol. The summed E-state index contributed by atoms with van der Waals surface area (Å²) in [5.41, 5.74) is 1.41. The Balaban J connectivity index is 1.45. The van der Waals surface area contributed by atoms with Crippen LogP contribution in [0.5, 0.6) is 5.75 Å². The molecule has 0 radical (unpaired) electrons. The Bertz CT molecular complexity index is 2010. The van der Waals surface area contributed by atoms with Gasteiger partial charge in [0.1, 0.15) is 5.75 Å². The molecule has 6 unspecified atom stereocenters. The molecule has 0 aromatic heterocycles. The fraction of sp³-hybridized carbons (Fsp3) is 0.263. The molecule has 7 nitrogen and oxygen atoms in total. The van der Waals surface area contributed by atoms with Crippen LogP contribution in [0.1, 0.15) is 36.8 Å². The number of amides is 4. The normalized spacial score (nSPS) is 28.7. The summed E-state index contributed by atoms with van der Waals surface area (Å²) in [6, 6.07) is 27.2. The maximum absolute atomic E-state index is 15.3. The lowest BCUT2D eigenvalue weighted by atomic mass is 9.49. The second-order valence-electron chi connectivity index (χ2n) is 12.7. The molecule has 4 aromatic carbocycles. The second kappa shape index (κ2) is 10.4. The summed E-state index contributed by atoms with van der Waals surface area (Å²) >= 11 is 6.39. The summed E-state index contributed by atoms with van der Waals surface area (Å²) in [6.45, 7) is 2.09. The minimum atomic E-state index is -1.37. The first-order chi connectivity index (χ1) is 22.3. The molecule has 46 heavy (non-hydrogen) atoms. The molecule has 4 amide bonds. The van der Waals surface area contributed by atoms with E-state index in [-0.39, 0.29) is 42.3 Å². The van der Waals surface area contributed by atoms with Gasteiger partial charge in [-0.2, -0.15) is 0 Å². The fourth-order valence-corrected chi connectivity index (χ4v) is 9.21. The first-order valence-corrected chi connectivity index (χ1v) is 16.1. The zero-order valence-electron chi connectivity index (χ0n) is 25.1. The number of rotatable bonds is 4. The van der Waals surface area contributed by atoms with Gasteiger partial charge < -0.3 is 5.11 Å². The summed E-state index contributed by atoms with van der Waals surface area (Å²) in [7, 11) is 0. The zero-order chi connectivity index (χ0) is 31.9. The van der Waals surface area contributed by atoms with Crippen molar-refractivity contribution in [2.75, 3.05) is 11.4 Å². The van der Waals surface area contributed by atoms with Gasteiger partial charge in [0.25, 0.3) is 0 Å². The molecule has 6 atom stereocenters. The largest absolute Gasteiger partial charge is 0.507 e. The number of nitrogens with zero attached hydrogens (tertiary/aromatic N) is 2. The zero-order valence-corrected chi connectivity index (χ0v) is 25.9. The monoisotopic (exact) mass is 630 g/mol. The van der Waals surface area contributed by atoms with Gasteiger partial charge in [-0.15, -0.1) is 0 Å². The van der Waals surface area contributed by atoms with Crippen LogP contribution >= 0.6 is 11.6 Å². The third kappa shape index (κ3) is 3.72. The highest BCUT2D eigenvalue weighted by atomic mass is 35.5. The van der Waals surface area contributed by atoms with Crippen molar-refractivity contribution in [2.24, 2.45) is 23.7 Å². The summed E-state index contributed by atoms with van der Waals surface area (Å²) in [6.07, 6.45) is 2.68. The van der Waals surface area contributed by atoms with Crippen molar-refractivity contribution in [1.82, 2.24) is 4.90 Å². The van der Waals surface area contributed by atoms with Crippen molar-refractivity contribution < 1.29 is 24.3 Å². The standard InChI is InChI=1S/C38H31ClN2O5/c1-2-40-34(43)28-16-15-27-29(32(28)36(40)45)20-30-35(44)41(23-12-8-11-22(39)19-23)37(46)38(30,21-9-4-3-5-10-21)33(27)26-17-18-31(42)25-14-7-6-13-24(25)26/h3-15,17-19,28-30,32-33,42H,2,16,20H2,1H3. The molecule has 4 aliphatic rings. The Morgan fingerprint density at radius 1 is 0.826 bits per heavy atom. The first-order valence-electron chi connectivity index (χ1n) is 15.7. The lowest BCUT2D eigenvalue weighted by Crippen LogP contribution is -2.53. The third-order valence-electron chi connectivity index (χ3n) is 10.8.